The van der Waals surface area contributed by atoms with Gasteiger partial charge in [0.1, 0.15) is 17.8 Å². The van der Waals surface area contributed by atoms with Crippen molar-refractivity contribution in [3.8, 4) is 0 Å². The molecule has 150 valence electrons. The molecule has 0 aliphatic carbocycles. The molecule has 7 nitrogen and oxygen atoms in total. The lowest BCUT2D eigenvalue weighted by atomic mass is 10.00. The summed E-state index contributed by atoms with van der Waals surface area (Å²) in [7, 11) is 0. The van der Waals surface area contributed by atoms with E-state index in [1.165, 1.54) is 17.5 Å². The average molecular weight is 402 g/mol. The normalized spacial score (nSPS) is 14.9. The minimum Gasteiger partial charge on any atom is -0.390 e. The van der Waals surface area contributed by atoms with Crippen molar-refractivity contribution >= 4 is 23.5 Å². The molecule has 1 aromatic carbocycles. The van der Waals surface area contributed by atoms with Gasteiger partial charge in [-0.3, -0.25) is 9.69 Å². The number of benzene rings is 1. The zero-order valence-electron chi connectivity index (χ0n) is 16.1. The van der Waals surface area contributed by atoms with Gasteiger partial charge in [-0.2, -0.15) is 11.8 Å². The van der Waals surface area contributed by atoms with Crippen molar-refractivity contribution in [2.75, 3.05) is 43.5 Å². The Morgan fingerprint density at radius 2 is 2.14 bits per heavy atom. The molecule has 2 heterocycles. The van der Waals surface area contributed by atoms with Crippen LogP contribution in [0.15, 0.2) is 36.7 Å². The number of amides is 1. The van der Waals surface area contributed by atoms with Crippen LogP contribution in [0.5, 0.6) is 0 Å². The standard InChI is InChI=1S/C20H27N5O2S/c1-28-9-7-21-19-10-18(23-14-24-19)20(27)22-11-17(26)13-25-8-6-15-4-2-3-5-16(15)12-25/h2-5,10,14,17,26H,6-9,11-13H2,1H3,(H,22,27)(H,21,23,24). The van der Waals surface area contributed by atoms with Gasteiger partial charge in [0.05, 0.1) is 6.10 Å². The van der Waals surface area contributed by atoms with Crippen LogP contribution in [0.25, 0.3) is 0 Å². The first-order valence-corrected chi connectivity index (χ1v) is 10.9. The maximum Gasteiger partial charge on any atom is 0.270 e. The van der Waals surface area contributed by atoms with Crippen molar-refractivity contribution in [2.24, 2.45) is 0 Å². The van der Waals surface area contributed by atoms with Crippen LogP contribution < -0.4 is 10.6 Å². The Balaban J connectivity index is 1.45. The Morgan fingerprint density at radius 1 is 1.32 bits per heavy atom. The fourth-order valence-corrected chi connectivity index (χ4v) is 3.54. The van der Waals surface area contributed by atoms with Crippen molar-refractivity contribution in [3.05, 3.63) is 53.5 Å². The Kier molecular flexibility index (Phi) is 7.64. The Hall–Kier alpha value is -2.16. The molecule has 1 aliphatic rings. The summed E-state index contributed by atoms with van der Waals surface area (Å²) in [4.78, 5) is 22.7. The van der Waals surface area contributed by atoms with Crippen molar-refractivity contribution in [2.45, 2.75) is 19.1 Å². The number of hydrogen-bond donors (Lipinski definition) is 3. The topological polar surface area (TPSA) is 90.4 Å². The Labute approximate surface area is 170 Å². The highest BCUT2D eigenvalue weighted by Crippen LogP contribution is 2.18. The van der Waals surface area contributed by atoms with Crippen LogP contribution >= 0.6 is 11.8 Å². The van der Waals surface area contributed by atoms with Gasteiger partial charge in [0.25, 0.3) is 5.91 Å². The van der Waals surface area contributed by atoms with E-state index < -0.39 is 6.10 Å². The zero-order chi connectivity index (χ0) is 19.8. The highest BCUT2D eigenvalue weighted by atomic mass is 32.2. The first-order chi connectivity index (χ1) is 13.7. The van der Waals surface area contributed by atoms with Crippen LogP contribution in [0.1, 0.15) is 21.6 Å². The molecule has 1 aliphatic heterocycles. The van der Waals surface area contributed by atoms with E-state index in [2.05, 4.69) is 43.7 Å². The summed E-state index contributed by atoms with van der Waals surface area (Å²) in [6.45, 7) is 3.24. The molecule has 1 aromatic heterocycles. The minimum atomic E-state index is -0.629. The lowest BCUT2D eigenvalue weighted by molar-refractivity contribution is 0.0838. The third-order valence-electron chi connectivity index (χ3n) is 4.69. The molecule has 0 radical (unpaired) electrons. The number of carbonyl (C=O) groups excluding carboxylic acids is 1. The van der Waals surface area contributed by atoms with Gasteiger partial charge in [-0.15, -0.1) is 0 Å². The number of aliphatic hydroxyl groups excluding tert-OH is 1. The summed E-state index contributed by atoms with van der Waals surface area (Å²) in [5.41, 5.74) is 2.99. The van der Waals surface area contributed by atoms with Crippen LogP contribution in [-0.4, -0.2) is 70.2 Å². The molecular weight excluding hydrogens is 374 g/mol. The van der Waals surface area contributed by atoms with Gasteiger partial charge in [-0.25, -0.2) is 9.97 Å². The maximum absolute atomic E-state index is 12.3. The number of aliphatic hydroxyl groups is 1. The number of hydrogen-bond acceptors (Lipinski definition) is 7. The van der Waals surface area contributed by atoms with Gasteiger partial charge in [0, 0.05) is 44.5 Å². The van der Waals surface area contributed by atoms with Crippen molar-refractivity contribution < 1.29 is 9.90 Å². The van der Waals surface area contributed by atoms with E-state index in [0.29, 0.717) is 18.1 Å². The van der Waals surface area contributed by atoms with Crippen molar-refractivity contribution in [3.63, 3.8) is 0 Å². The molecule has 0 spiro atoms. The SMILES string of the molecule is CSCCNc1cc(C(=O)NCC(O)CN2CCc3ccccc3C2)ncn1. The number of rotatable bonds is 9. The van der Waals surface area contributed by atoms with Gasteiger partial charge in [0.15, 0.2) is 0 Å². The van der Waals surface area contributed by atoms with E-state index >= 15 is 0 Å². The summed E-state index contributed by atoms with van der Waals surface area (Å²) in [5, 5.41) is 16.3. The fraction of sp³-hybridized carbons (Fsp3) is 0.450. The highest BCUT2D eigenvalue weighted by Gasteiger charge is 2.19. The van der Waals surface area contributed by atoms with E-state index in [4.69, 9.17) is 0 Å². The molecule has 1 atom stereocenters. The summed E-state index contributed by atoms with van der Waals surface area (Å²) in [6, 6.07) is 10.0. The average Bonchev–Trinajstić information content (AvgIpc) is 2.72. The molecular formula is C20H27N5O2S. The predicted molar refractivity (Wildman–Crippen MR) is 113 cm³/mol. The number of carbonyl (C=O) groups is 1. The second-order valence-corrected chi connectivity index (χ2v) is 7.81. The van der Waals surface area contributed by atoms with Gasteiger partial charge in [-0.05, 0) is 23.8 Å². The summed E-state index contributed by atoms with van der Waals surface area (Å²) >= 11 is 1.74. The van der Waals surface area contributed by atoms with Gasteiger partial charge < -0.3 is 15.7 Å². The predicted octanol–water partition coefficient (Wildman–Crippen LogP) is 1.40. The molecule has 2 aromatic rings. The second-order valence-electron chi connectivity index (χ2n) is 6.83. The molecule has 0 fully saturated rings. The smallest absolute Gasteiger partial charge is 0.270 e. The Bertz CT molecular complexity index is 789. The third-order valence-corrected chi connectivity index (χ3v) is 5.30. The number of fused-ring (bicyclic) bond motifs is 1. The van der Waals surface area contributed by atoms with Gasteiger partial charge in [0.2, 0.25) is 0 Å². The quantitative estimate of drug-likeness (QED) is 0.547. The van der Waals surface area contributed by atoms with E-state index in [9.17, 15) is 9.90 Å². The Morgan fingerprint density at radius 3 is 2.96 bits per heavy atom. The number of β-amino-alcohol motifs (C(OH)–C–C–N with tert-alkyl or cyclic N) is 1. The number of anilines is 1. The lowest BCUT2D eigenvalue weighted by Gasteiger charge is -2.30. The maximum atomic E-state index is 12.3. The molecule has 8 heteroatoms. The van der Waals surface area contributed by atoms with E-state index in [1.54, 1.807) is 17.8 Å². The van der Waals surface area contributed by atoms with Gasteiger partial charge >= 0.3 is 0 Å². The first kappa shape index (κ1) is 20.6. The van der Waals surface area contributed by atoms with Crippen LogP contribution in [-0.2, 0) is 13.0 Å². The van der Waals surface area contributed by atoms with Crippen LogP contribution in [0.4, 0.5) is 5.82 Å². The number of aromatic nitrogens is 2. The number of nitrogens with one attached hydrogen (secondary N) is 2. The number of nitrogens with zero attached hydrogens (tertiary/aromatic N) is 3. The second kappa shape index (κ2) is 10.4. The molecule has 3 rings (SSSR count). The van der Waals surface area contributed by atoms with Crippen molar-refractivity contribution in [1.82, 2.24) is 20.2 Å². The highest BCUT2D eigenvalue weighted by molar-refractivity contribution is 7.98. The zero-order valence-corrected chi connectivity index (χ0v) is 16.9. The summed E-state index contributed by atoms with van der Waals surface area (Å²) in [5.74, 6) is 1.28. The molecule has 1 unspecified atom stereocenters. The van der Waals surface area contributed by atoms with Gasteiger partial charge in [-0.1, -0.05) is 24.3 Å². The fourth-order valence-electron chi connectivity index (χ4n) is 3.23. The largest absolute Gasteiger partial charge is 0.390 e. The van der Waals surface area contributed by atoms with Crippen molar-refractivity contribution in [1.29, 1.82) is 0 Å². The van der Waals surface area contributed by atoms with Crippen LogP contribution in [0.3, 0.4) is 0 Å². The monoisotopic (exact) mass is 401 g/mol. The van der Waals surface area contributed by atoms with E-state index in [-0.39, 0.29) is 12.5 Å². The number of thioether (sulfide) groups is 1. The summed E-state index contributed by atoms with van der Waals surface area (Å²) in [6.07, 6.45) is 3.77. The lowest BCUT2D eigenvalue weighted by Crippen LogP contribution is -2.42. The van der Waals surface area contributed by atoms with Crippen LogP contribution in [0, 0.1) is 0 Å². The van der Waals surface area contributed by atoms with E-state index in [1.807, 2.05) is 12.3 Å². The molecule has 3 N–H and O–H groups in total. The third kappa shape index (κ3) is 5.92. The molecule has 1 amide bonds. The van der Waals surface area contributed by atoms with E-state index in [0.717, 1.165) is 31.8 Å². The molecule has 28 heavy (non-hydrogen) atoms. The summed E-state index contributed by atoms with van der Waals surface area (Å²) < 4.78 is 0. The first-order valence-electron chi connectivity index (χ1n) is 9.46. The minimum absolute atomic E-state index is 0.191. The van der Waals surface area contributed by atoms with Crippen LogP contribution in [0.2, 0.25) is 0 Å². The molecule has 0 saturated carbocycles. The molecule has 0 saturated heterocycles. The molecule has 0 bridgehead atoms.